The van der Waals surface area contributed by atoms with Gasteiger partial charge in [-0.25, -0.2) is 8.42 Å². The molecule has 0 aliphatic heterocycles. The Morgan fingerprint density at radius 3 is 2.77 bits per heavy atom. The van der Waals surface area contributed by atoms with Crippen molar-refractivity contribution in [1.82, 2.24) is 0 Å². The molecule has 0 unspecified atom stereocenters. The first-order valence-electron chi connectivity index (χ1n) is 3.38. The smallest absolute Gasteiger partial charge is 0.185 e. The number of sulfone groups is 1. The van der Waals surface area contributed by atoms with Crippen molar-refractivity contribution in [3.05, 3.63) is 27.3 Å². The summed E-state index contributed by atoms with van der Waals surface area (Å²) in [4.78, 5) is -0.203. The maximum atomic E-state index is 11.0. The molecule has 0 N–H and O–H groups in total. The van der Waals surface area contributed by atoms with Gasteiger partial charge in [-0.3, -0.25) is 0 Å². The molecule has 5 heteroatoms. The summed E-state index contributed by atoms with van der Waals surface area (Å²) in [6.45, 7) is 0. The molecule has 1 aromatic rings. The van der Waals surface area contributed by atoms with E-state index in [9.17, 15) is 8.42 Å². The van der Waals surface area contributed by atoms with Crippen LogP contribution in [-0.4, -0.2) is 14.7 Å². The Kier molecular flexibility index (Phi) is 2.86. The van der Waals surface area contributed by atoms with E-state index in [4.69, 9.17) is 5.26 Å². The van der Waals surface area contributed by atoms with E-state index in [-0.39, 0.29) is 4.91 Å². The highest BCUT2D eigenvalue weighted by atomic mass is 32.2. The average molecular weight is 213 g/mol. The van der Waals surface area contributed by atoms with Gasteiger partial charge in [-0.1, -0.05) is 0 Å². The van der Waals surface area contributed by atoms with Crippen molar-refractivity contribution in [2.75, 3.05) is 6.26 Å². The summed E-state index contributed by atoms with van der Waals surface area (Å²) in [5.74, 6) is 0. The zero-order valence-electron chi connectivity index (χ0n) is 6.89. The van der Waals surface area contributed by atoms with E-state index in [0.717, 1.165) is 11.8 Å². The highest BCUT2D eigenvalue weighted by Crippen LogP contribution is 2.13. The highest BCUT2D eigenvalue weighted by Gasteiger charge is 2.09. The van der Waals surface area contributed by atoms with Crippen molar-refractivity contribution in [1.29, 1.82) is 5.26 Å². The Bertz CT molecular complexity index is 449. The van der Waals surface area contributed by atoms with Crippen LogP contribution < -0.4 is 0 Å². The molecule has 68 valence electrons. The quantitative estimate of drug-likeness (QED) is 0.702. The Hall–Kier alpha value is -1.12. The number of hydrogen-bond acceptors (Lipinski definition) is 4. The van der Waals surface area contributed by atoms with Crippen LogP contribution in [0.5, 0.6) is 0 Å². The van der Waals surface area contributed by atoms with Crippen molar-refractivity contribution in [2.24, 2.45) is 0 Å². The summed E-state index contributed by atoms with van der Waals surface area (Å²) in [7, 11) is -3.39. The monoisotopic (exact) mass is 213 g/mol. The molecule has 0 aliphatic carbocycles. The minimum atomic E-state index is -3.39. The van der Waals surface area contributed by atoms with Crippen LogP contribution in [0.25, 0.3) is 6.08 Å². The molecule has 0 aromatic carbocycles. The predicted octanol–water partition coefficient (Wildman–Crippen LogP) is 1.66. The minimum Gasteiger partial charge on any atom is -0.223 e. The maximum Gasteiger partial charge on any atom is 0.185 e. The van der Waals surface area contributed by atoms with Gasteiger partial charge in [0.05, 0.1) is 0 Å². The van der Waals surface area contributed by atoms with Gasteiger partial charge in [0.1, 0.15) is 11.0 Å². The molecule has 0 aliphatic rings. The van der Waals surface area contributed by atoms with Gasteiger partial charge in [0, 0.05) is 6.26 Å². The molecule has 1 heterocycles. The van der Waals surface area contributed by atoms with Gasteiger partial charge >= 0.3 is 0 Å². The second-order valence-corrected chi connectivity index (χ2v) is 5.21. The minimum absolute atomic E-state index is 0.203. The van der Waals surface area contributed by atoms with E-state index in [1.54, 1.807) is 17.5 Å². The third kappa shape index (κ3) is 2.68. The molecule has 0 spiro atoms. The van der Waals surface area contributed by atoms with E-state index < -0.39 is 9.84 Å². The molecule has 0 atom stereocenters. The lowest BCUT2D eigenvalue weighted by Gasteiger charge is -1.91. The summed E-state index contributed by atoms with van der Waals surface area (Å²) >= 11 is 1.45. The standard InChI is InChI=1S/C8H7NO2S2/c1-13(10,11)8(5-9)4-7-2-3-12-6-7/h2-4,6H,1H3/b8-4-. The lowest BCUT2D eigenvalue weighted by atomic mass is 10.3. The van der Waals surface area contributed by atoms with E-state index in [0.29, 0.717) is 0 Å². The Morgan fingerprint density at radius 2 is 2.38 bits per heavy atom. The second-order valence-electron chi connectivity index (χ2n) is 2.45. The van der Waals surface area contributed by atoms with Crippen LogP contribution in [0.2, 0.25) is 0 Å². The number of nitrogens with zero attached hydrogens (tertiary/aromatic N) is 1. The maximum absolute atomic E-state index is 11.0. The zero-order chi connectivity index (χ0) is 9.90. The molecular weight excluding hydrogens is 206 g/mol. The Labute approximate surface area is 80.9 Å². The van der Waals surface area contributed by atoms with E-state index in [1.165, 1.54) is 17.4 Å². The van der Waals surface area contributed by atoms with Crippen LogP contribution in [0, 0.1) is 11.3 Å². The van der Waals surface area contributed by atoms with Gasteiger partial charge in [0.25, 0.3) is 0 Å². The number of thiophene rings is 1. The number of nitriles is 1. The molecule has 0 bridgehead atoms. The molecule has 3 nitrogen and oxygen atoms in total. The van der Waals surface area contributed by atoms with Crippen molar-refractivity contribution >= 4 is 27.3 Å². The Morgan fingerprint density at radius 1 is 1.69 bits per heavy atom. The summed E-state index contributed by atoms with van der Waals surface area (Å²) in [5.41, 5.74) is 0.743. The van der Waals surface area contributed by atoms with Crippen LogP contribution in [0.4, 0.5) is 0 Å². The van der Waals surface area contributed by atoms with Crippen molar-refractivity contribution in [2.45, 2.75) is 0 Å². The van der Waals surface area contributed by atoms with E-state index in [2.05, 4.69) is 0 Å². The SMILES string of the molecule is CS(=O)(=O)/C(C#N)=C\c1ccsc1. The lowest BCUT2D eigenvalue weighted by Crippen LogP contribution is -1.97. The first-order chi connectivity index (χ1) is 6.04. The van der Waals surface area contributed by atoms with Gasteiger partial charge < -0.3 is 0 Å². The molecule has 0 amide bonds. The fraction of sp³-hybridized carbons (Fsp3) is 0.125. The predicted molar refractivity (Wildman–Crippen MR) is 52.8 cm³/mol. The van der Waals surface area contributed by atoms with Crippen LogP contribution in [0.1, 0.15) is 5.56 Å². The normalized spacial score (nSPS) is 12.5. The molecule has 0 fully saturated rings. The molecule has 0 saturated heterocycles. The number of hydrogen-bond donors (Lipinski definition) is 0. The number of rotatable bonds is 2. The van der Waals surface area contributed by atoms with Gasteiger partial charge in [-0.15, -0.1) is 0 Å². The molecule has 1 rings (SSSR count). The number of allylic oxidation sites excluding steroid dienone is 1. The summed E-state index contributed by atoms with van der Waals surface area (Å²) in [6, 6.07) is 3.42. The topological polar surface area (TPSA) is 57.9 Å². The fourth-order valence-corrected chi connectivity index (χ4v) is 1.86. The zero-order valence-corrected chi connectivity index (χ0v) is 8.52. The Balaban J connectivity index is 3.14. The van der Waals surface area contributed by atoms with Crippen LogP contribution in [0.3, 0.4) is 0 Å². The molecule has 0 radical (unpaired) electrons. The first kappa shape index (κ1) is 9.96. The largest absolute Gasteiger partial charge is 0.223 e. The lowest BCUT2D eigenvalue weighted by molar-refractivity contribution is 0.609. The van der Waals surface area contributed by atoms with Crippen LogP contribution >= 0.6 is 11.3 Å². The van der Waals surface area contributed by atoms with Crippen molar-refractivity contribution in [3.63, 3.8) is 0 Å². The van der Waals surface area contributed by atoms with Crippen molar-refractivity contribution in [3.8, 4) is 6.07 Å². The third-order valence-corrected chi connectivity index (χ3v) is 3.06. The highest BCUT2D eigenvalue weighted by molar-refractivity contribution is 7.95. The second kappa shape index (κ2) is 3.73. The van der Waals surface area contributed by atoms with Crippen molar-refractivity contribution < 1.29 is 8.42 Å². The summed E-state index contributed by atoms with van der Waals surface area (Å²) in [5, 5.41) is 12.2. The van der Waals surface area contributed by atoms with Gasteiger partial charge in [-0.2, -0.15) is 16.6 Å². The molecule has 13 heavy (non-hydrogen) atoms. The van der Waals surface area contributed by atoms with Crippen LogP contribution in [0.15, 0.2) is 21.7 Å². The summed E-state index contributed by atoms with van der Waals surface area (Å²) in [6.07, 6.45) is 2.39. The van der Waals surface area contributed by atoms with Gasteiger partial charge in [0.2, 0.25) is 0 Å². The third-order valence-electron chi connectivity index (χ3n) is 1.35. The fourth-order valence-electron chi connectivity index (χ4n) is 0.731. The molecule has 0 saturated carbocycles. The van der Waals surface area contributed by atoms with E-state index in [1.807, 2.05) is 5.38 Å². The van der Waals surface area contributed by atoms with Gasteiger partial charge in [0.15, 0.2) is 9.84 Å². The molecule has 1 aromatic heterocycles. The average Bonchev–Trinajstić information content (AvgIpc) is 2.49. The van der Waals surface area contributed by atoms with Crippen LogP contribution in [-0.2, 0) is 9.84 Å². The summed E-state index contributed by atoms with van der Waals surface area (Å²) < 4.78 is 22.0. The van der Waals surface area contributed by atoms with E-state index >= 15 is 0 Å². The first-order valence-corrected chi connectivity index (χ1v) is 6.21. The van der Waals surface area contributed by atoms with Gasteiger partial charge in [-0.05, 0) is 28.5 Å². The molecular formula is C8H7NO2S2.